The van der Waals surface area contributed by atoms with E-state index in [1.165, 1.54) is 6.33 Å². The fourth-order valence-corrected chi connectivity index (χ4v) is 3.59. The zero-order chi connectivity index (χ0) is 16.8. The van der Waals surface area contributed by atoms with Crippen molar-refractivity contribution in [2.45, 2.75) is 12.0 Å². The van der Waals surface area contributed by atoms with E-state index in [0.29, 0.717) is 11.2 Å². The molecule has 1 aliphatic heterocycles. The van der Waals surface area contributed by atoms with Gasteiger partial charge in [0.15, 0.2) is 0 Å². The smallest absolute Gasteiger partial charge is 0.272 e. The molecule has 3 heterocycles. The Morgan fingerprint density at radius 2 is 1.84 bits per heavy atom. The highest BCUT2D eigenvalue weighted by Gasteiger charge is 2.36. The summed E-state index contributed by atoms with van der Waals surface area (Å²) in [4.78, 5) is 16.5. The molecule has 0 aliphatic carbocycles. The lowest BCUT2D eigenvalue weighted by Gasteiger charge is -2.33. The van der Waals surface area contributed by atoms with E-state index in [1.54, 1.807) is 0 Å². The number of benzene rings is 2. The number of nitrogens with zero attached hydrogens (tertiary/aromatic N) is 3. The maximum Gasteiger partial charge on any atom is 0.272 e. The molecule has 1 aliphatic rings. The third kappa shape index (κ3) is 2.06. The van der Waals surface area contributed by atoms with Crippen molar-refractivity contribution < 1.29 is 0 Å². The Morgan fingerprint density at radius 3 is 2.64 bits per heavy atom. The normalized spacial score (nSPS) is 18.9. The van der Waals surface area contributed by atoms with Gasteiger partial charge in [-0.05, 0) is 17.7 Å². The molecule has 7 nitrogen and oxygen atoms in total. The maximum atomic E-state index is 12.2. The average molecular weight is 330 g/mol. The Bertz CT molecular complexity index is 1100. The predicted molar refractivity (Wildman–Crippen MR) is 93.4 cm³/mol. The largest absolute Gasteiger partial charge is 0.377 e. The topological polar surface area (TPSA) is 99.3 Å². The monoisotopic (exact) mass is 330 g/mol. The molecule has 0 spiro atoms. The number of hydrogen-bond acceptors (Lipinski definition) is 5. The third-order valence-corrected chi connectivity index (χ3v) is 4.67. The van der Waals surface area contributed by atoms with Crippen LogP contribution in [0.5, 0.6) is 0 Å². The van der Waals surface area contributed by atoms with Gasteiger partial charge in [-0.1, -0.05) is 36.4 Å². The van der Waals surface area contributed by atoms with E-state index in [4.69, 9.17) is 0 Å². The second-order valence-corrected chi connectivity index (χ2v) is 6.05. The summed E-state index contributed by atoms with van der Waals surface area (Å²) in [6.07, 6.45) is 1.49. The third-order valence-electron chi connectivity index (χ3n) is 4.67. The number of aromatic amines is 2. The second kappa shape index (κ2) is 5.27. The quantitative estimate of drug-likeness (QED) is 0.524. The number of H-pyrrole nitrogens is 2. The van der Waals surface area contributed by atoms with Crippen LogP contribution in [-0.2, 0) is 0 Å². The van der Waals surface area contributed by atoms with Crippen molar-refractivity contribution in [2.24, 2.45) is 0 Å². The van der Waals surface area contributed by atoms with Crippen LogP contribution in [0.3, 0.4) is 0 Å². The van der Waals surface area contributed by atoms with Crippen LogP contribution >= 0.6 is 0 Å². The second-order valence-electron chi connectivity index (χ2n) is 6.05. The van der Waals surface area contributed by atoms with Crippen molar-refractivity contribution >= 4 is 16.5 Å². The number of anilines is 1. The minimum Gasteiger partial charge on any atom is -0.377 e. The van der Waals surface area contributed by atoms with Crippen LogP contribution < -0.4 is 10.9 Å². The number of hydrogen-bond donors (Lipinski definition) is 3. The fourth-order valence-electron chi connectivity index (χ4n) is 3.59. The fraction of sp³-hybridized carbons (Fsp3) is 0.111. The van der Waals surface area contributed by atoms with Crippen molar-refractivity contribution in [3.05, 3.63) is 82.3 Å². The summed E-state index contributed by atoms with van der Waals surface area (Å²) in [6, 6.07) is 15.7. The molecule has 7 heteroatoms. The van der Waals surface area contributed by atoms with Gasteiger partial charge in [0, 0.05) is 11.1 Å². The van der Waals surface area contributed by atoms with Crippen LogP contribution in [0, 0.1) is 0 Å². The molecule has 0 bridgehead atoms. The Kier molecular flexibility index (Phi) is 2.93. The van der Waals surface area contributed by atoms with Gasteiger partial charge in [-0.2, -0.15) is 10.2 Å². The van der Waals surface area contributed by atoms with E-state index in [1.807, 2.05) is 36.4 Å². The standard InChI is InChI=1S/C18H14N6O/c25-18-11-7-4-8-12-13(11)16(22-24-18)14(17-19-9-20-23-17)15(21-12)10-5-2-1-3-6-10/h1-9,14-15,21H,(H,24,25)(H,19,20,23). The van der Waals surface area contributed by atoms with E-state index in [2.05, 4.69) is 42.8 Å². The van der Waals surface area contributed by atoms with Gasteiger partial charge in [-0.25, -0.2) is 10.1 Å². The summed E-state index contributed by atoms with van der Waals surface area (Å²) in [5.74, 6) is 0.510. The summed E-state index contributed by atoms with van der Waals surface area (Å²) in [6.45, 7) is 0. The first kappa shape index (κ1) is 13.9. The molecule has 0 fully saturated rings. The van der Waals surface area contributed by atoms with E-state index in [9.17, 15) is 4.79 Å². The van der Waals surface area contributed by atoms with E-state index >= 15 is 0 Å². The molecule has 0 saturated heterocycles. The summed E-state index contributed by atoms with van der Waals surface area (Å²) < 4.78 is 0. The average Bonchev–Trinajstić information content (AvgIpc) is 3.19. The first-order valence-electron chi connectivity index (χ1n) is 8.01. The molecule has 2 aromatic heterocycles. The van der Waals surface area contributed by atoms with Crippen molar-refractivity contribution in [1.82, 2.24) is 25.4 Å². The predicted octanol–water partition coefficient (Wildman–Crippen LogP) is 2.34. The van der Waals surface area contributed by atoms with Crippen molar-refractivity contribution in [3.63, 3.8) is 0 Å². The van der Waals surface area contributed by atoms with Crippen LogP contribution in [0.4, 0.5) is 5.69 Å². The van der Waals surface area contributed by atoms with Crippen LogP contribution in [0.1, 0.15) is 29.0 Å². The number of aromatic nitrogens is 5. The molecule has 122 valence electrons. The molecule has 25 heavy (non-hydrogen) atoms. The number of nitrogens with one attached hydrogen (secondary N) is 3. The van der Waals surface area contributed by atoms with Gasteiger partial charge < -0.3 is 5.32 Å². The van der Waals surface area contributed by atoms with Crippen molar-refractivity contribution in [1.29, 1.82) is 0 Å². The summed E-state index contributed by atoms with van der Waals surface area (Å²) >= 11 is 0. The highest BCUT2D eigenvalue weighted by molar-refractivity contribution is 5.97. The molecule has 5 rings (SSSR count). The highest BCUT2D eigenvalue weighted by atomic mass is 16.1. The van der Waals surface area contributed by atoms with Gasteiger partial charge in [0.25, 0.3) is 5.56 Å². The van der Waals surface area contributed by atoms with Gasteiger partial charge >= 0.3 is 0 Å². The first-order chi connectivity index (χ1) is 12.3. The Hall–Kier alpha value is -3.48. The lowest BCUT2D eigenvalue weighted by Crippen LogP contribution is -2.28. The van der Waals surface area contributed by atoms with Crippen LogP contribution in [0.2, 0.25) is 0 Å². The molecule has 2 aromatic carbocycles. The highest BCUT2D eigenvalue weighted by Crippen LogP contribution is 2.44. The molecule has 2 unspecified atom stereocenters. The molecule has 4 aromatic rings. The molecular formula is C18H14N6O. The van der Waals surface area contributed by atoms with Crippen LogP contribution in [-0.4, -0.2) is 25.4 Å². The van der Waals surface area contributed by atoms with Gasteiger partial charge in [0.2, 0.25) is 0 Å². The van der Waals surface area contributed by atoms with Gasteiger partial charge in [0.05, 0.1) is 23.0 Å². The minimum atomic E-state index is -0.197. The van der Waals surface area contributed by atoms with E-state index < -0.39 is 0 Å². The molecule has 2 atom stereocenters. The van der Waals surface area contributed by atoms with E-state index in [0.717, 1.165) is 22.3 Å². The maximum absolute atomic E-state index is 12.2. The van der Waals surface area contributed by atoms with Gasteiger partial charge in [-0.15, -0.1) is 0 Å². The van der Waals surface area contributed by atoms with Crippen molar-refractivity contribution in [2.75, 3.05) is 5.32 Å². The lowest BCUT2D eigenvalue weighted by atomic mass is 9.84. The first-order valence-corrected chi connectivity index (χ1v) is 8.01. The Morgan fingerprint density at radius 1 is 0.960 bits per heavy atom. The van der Waals surface area contributed by atoms with Crippen LogP contribution in [0.25, 0.3) is 10.8 Å². The summed E-state index contributed by atoms with van der Waals surface area (Å²) in [5, 5.41) is 19.0. The SMILES string of the molecule is O=c1[nH]nc2c3c(cccc13)NC(c1ccccc1)C2c1ncn[nH]1. The van der Waals surface area contributed by atoms with E-state index in [-0.39, 0.29) is 17.5 Å². The Labute approximate surface area is 142 Å². The molecular weight excluding hydrogens is 316 g/mol. The summed E-state index contributed by atoms with van der Waals surface area (Å²) in [5.41, 5.74) is 2.60. The van der Waals surface area contributed by atoms with Gasteiger partial charge in [0.1, 0.15) is 12.2 Å². The van der Waals surface area contributed by atoms with Crippen LogP contribution in [0.15, 0.2) is 59.7 Å². The van der Waals surface area contributed by atoms with Crippen molar-refractivity contribution in [3.8, 4) is 0 Å². The summed E-state index contributed by atoms with van der Waals surface area (Å²) in [7, 11) is 0. The zero-order valence-electron chi connectivity index (χ0n) is 13.1. The zero-order valence-corrected chi connectivity index (χ0v) is 13.1. The molecule has 0 radical (unpaired) electrons. The molecule has 0 saturated carbocycles. The molecule has 3 N–H and O–H groups in total. The minimum absolute atomic E-state index is 0.0781. The Balaban J connectivity index is 1.82. The number of rotatable bonds is 2. The van der Waals surface area contributed by atoms with Gasteiger partial charge in [-0.3, -0.25) is 9.89 Å². The lowest BCUT2D eigenvalue weighted by molar-refractivity contribution is 0.607. The molecule has 0 amide bonds.